The number of nitrogens with one attached hydrogen (secondary N) is 1. The van der Waals surface area contributed by atoms with Crippen molar-refractivity contribution in [3.8, 4) is 6.07 Å². The van der Waals surface area contributed by atoms with Gasteiger partial charge in [-0.1, -0.05) is 11.3 Å². The minimum atomic E-state index is -1.14. The van der Waals surface area contributed by atoms with Crippen molar-refractivity contribution in [2.75, 3.05) is 18.0 Å². The van der Waals surface area contributed by atoms with Crippen molar-refractivity contribution in [3.05, 3.63) is 10.6 Å². The molecular formula is C15H20N4O4S. The summed E-state index contributed by atoms with van der Waals surface area (Å²) in [5, 5.41) is 21.4. The normalized spacial score (nSPS) is 15.7. The number of nitrogens with zero attached hydrogens (tertiary/aromatic N) is 3. The fraction of sp³-hybridized carbons (Fsp3) is 0.600. The zero-order valence-corrected chi connectivity index (χ0v) is 14.6. The summed E-state index contributed by atoms with van der Waals surface area (Å²) in [6.07, 6.45) is 0.960. The molecule has 1 amide bonds. The number of hydrogen-bond donors (Lipinski definition) is 2. The van der Waals surface area contributed by atoms with Crippen molar-refractivity contribution in [1.82, 2.24) is 10.3 Å². The number of carboxylic acid groups (broad SMARTS) is 1. The SMILES string of the molecule is CC(C)(C)OC(=O)NC1CCN(c2nc(C#N)c(C(=O)O)s2)CC1. The Bertz CT molecular complexity index is 666. The highest BCUT2D eigenvalue weighted by Crippen LogP contribution is 2.28. The number of ether oxygens (including phenoxy) is 1. The molecule has 2 N–H and O–H groups in total. The monoisotopic (exact) mass is 352 g/mol. The highest BCUT2D eigenvalue weighted by atomic mass is 32.1. The summed E-state index contributed by atoms with van der Waals surface area (Å²) in [7, 11) is 0. The molecule has 1 aromatic heterocycles. The molecule has 2 heterocycles. The zero-order valence-electron chi connectivity index (χ0n) is 13.8. The van der Waals surface area contributed by atoms with Crippen LogP contribution in [0.2, 0.25) is 0 Å². The number of carbonyl (C=O) groups is 2. The Morgan fingerprint density at radius 3 is 2.50 bits per heavy atom. The Balaban J connectivity index is 1.92. The van der Waals surface area contributed by atoms with Gasteiger partial charge in [0.15, 0.2) is 15.7 Å². The van der Waals surface area contributed by atoms with Crippen LogP contribution < -0.4 is 10.2 Å². The third kappa shape index (κ3) is 4.58. The van der Waals surface area contributed by atoms with Gasteiger partial charge in [-0.3, -0.25) is 0 Å². The fourth-order valence-corrected chi connectivity index (χ4v) is 3.26. The number of nitriles is 1. The van der Waals surface area contributed by atoms with Gasteiger partial charge in [-0.25, -0.2) is 14.6 Å². The molecule has 2 rings (SSSR count). The smallest absolute Gasteiger partial charge is 0.407 e. The van der Waals surface area contributed by atoms with E-state index in [4.69, 9.17) is 15.1 Å². The Kier molecular flexibility index (Phi) is 5.29. The highest BCUT2D eigenvalue weighted by Gasteiger charge is 2.26. The standard InChI is InChI=1S/C15H20N4O4S/c1-15(2,3)23-14(22)17-9-4-6-19(7-5-9)13-18-10(8-16)11(24-13)12(20)21/h9H,4-7H2,1-3H3,(H,17,22)(H,20,21). The van der Waals surface area contributed by atoms with Crippen molar-refractivity contribution in [1.29, 1.82) is 5.26 Å². The second-order valence-electron chi connectivity index (χ2n) is 6.50. The molecule has 0 unspecified atom stereocenters. The van der Waals surface area contributed by atoms with Gasteiger partial charge in [0.1, 0.15) is 11.7 Å². The first-order chi connectivity index (χ1) is 11.2. The number of carbonyl (C=O) groups excluding carboxylic acids is 1. The van der Waals surface area contributed by atoms with Gasteiger partial charge in [0, 0.05) is 19.1 Å². The predicted octanol–water partition coefficient (Wildman–Crippen LogP) is 2.21. The fourth-order valence-electron chi connectivity index (χ4n) is 2.35. The number of hydrogen-bond acceptors (Lipinski definition) is 7. The molecule has 0 spiro atoms. The lowest BCUT2D eigenvalue weighted by molar-refractivity contribution is 0.0496. The molecule has 1 aliphatic rings. The largest absolute Gasteiger partial charge is 0.477 e. The van der Waals surface area contributed by atoms with E-state index in [0.29, 0.717) is 31.1 Å². The molecule has 1 fully saturated rings. The molecule has 24 heavy (non-hydrogen) atoms. The lowest BCUT2D eigenvalue weighted by Crippen LogP contribution is -2.46. The lowest BCUT2D eigenvalue weighted by Gasteiger charge is -2.32. The minimum absolute atomic E-state index is 0.00504. The number of anilines is 1. The van der Waals surface area contributed by atoms with Gasteiger partial charge in [-0.2, -0.15) is 5.26 Å². The molecule has 1 aromatic rings. The number of amides is 1. The maximum atomic E-state index is 11.8. The average molecular weight is 352 g/mol. The first-order valence-electron chi connectivity index (χ1n) is 7.58. The topological polar surface area (TPSA) is 116 Å². The molecule has 0 radical (unpaired) electrons. The van der Waals surface area contributed by atoms with Gasteiger partial charge in [0.2, 0.25) is 0 Å². The lowest BCUT2D eigenvalue weighted by atomic mass is 10.1. The molecule has 0 aliphatic carbocycles. The first-order valence-corrected chi connectivity index (χ1v) is 8.40. The van der Waals surface area contributed by atoms with Crippen molar-refractivity contribution in [2.45, 2.75) is 45.3 Å². The van der Waals surface area contributed by atoms with Crippen LogP contribution in [0.1, 0.15) is 49.0 Å². The molecule has 0 saturated carbocycles. The van der Waals surface area contributed by atoms with E-state index in [1.54, 1.807) is 0 Å². The van der Waals surface area contributed by atoms with Crippen molar-refractivity contribution >= 4 is 28.5 Å². The molecular weight excluding hydrogens is 332 g/mol. The van der Waals surface area contributed by atoms with E-state index in [0.717, 1.165) is 11.3 Å². The Hall–Kier alpha value is -2.34. The van der Waals surface area contributed by atoms with Crippen LogP contribution in [-0.2, 0) is 4.74 Å². The van der Waals surface area contributed by atoms with Gasteiger partial charge in [-0.05, 0) is 33.6 Å². The number of thiazole rings is 1. The molecule has 9 heteroatoms. The second kappa shape index (κ2) is 7.05. The summed E-state index contributed by atoms with van der Waals surface area (Å²) in [5.74, 6) is -1.14. The molecule has 130 valence electrons. The summed E-state index contributed by atoms with van der Waals surface area (Å²) in [6, 6.07) is 1.82. The van der Waals surface area contributed by atoms with Crippen LogP contribution in [0.3, 0.4) is 0 Å². The Morgan fingerprint density at radius 1 is 1.42 bits per heavy atom. The molecule has 0 bridgehead atoms. The minimum Gasteiger partial charge on any atom is -0.477 e. The third-order valence-electron chi connectivity index (χ3n) is 3.40. The van der Waals surface area contributed by atoms with Crippen molar-refractivity contribution < 1.29 is 19.4 Å². The molecule has 0 atom stereocenters. The van der Waals surface area contributed by atoms with E-state index >= 15 is 0 Å². The Labute approximate surface area is 144 Å². The number of carboxylic acids is 1. The number of aromatic carboxylic acids is 1. The zero-order chi connectivity index (χ0) is 17.9. The van der Waals surface area contributed by atoms with Crippen LogP contribution in [0.5, 0.6) is 0 Å². The quantitative estimate of drug-likeness (QED) is 0.856. The number of piperidine rings is 1. The predicted molar refractivity (Wildman–Crippen MR) is 88.4 cm³/mol. The van der Waals surface area contributed by atoms with E-state index < -0.39 is 17.7 Å². The van der Waals surface area contributed by atoms with Crippen LogP contribution >= 0.6 is 11.3 Å². The molecule has 0 aromatic carbocycles. The molecule has 1 aliphatic heterocycles. The van der Waals surface area contributed by atoms with Gasteiger partial charge in [-0.15, -0.1) is 0 Å². The van der Waals surface area contributed by atoms with E-state index in [9.17, 15) is 9.59 Å². The van der Waals surface area contributed by atoms with E-state index in [1.165, 1.54) is 0 Å². The number of rotatable bonds is 3. The van der Waals surface area contributed by atoms with Gasteiger partial charge in [0.05, 0.1) is 0 Å². The van der Waals surface area contributed by atoms with E-state index in [-0.39, 0.29) is 16.6 Å². The molecule has 1 saturated heterocycles. The first kappa shape index (κ1) is 18.0. The van der Waals surface area contributed by atoms with Gasteiger partial charge < -0.3 is 20.1 Å². The Morgan fingerprint density at radius 2 is 2.04 bits per heavy atom. The van der Waals surface area contributed by atoms with E-state index in [1.807, 2.05) is 31.7 Å². The maximum absolute atomic E-state index is 11.8. The average Bonchev–Trinajstić information content (AvgIpc) is 2.90. The molecule has 8 nitrogen and oxygen atoms in total. The van der Waals surface area contributed by atoms with Crippen LogP contribution in [0.4, 0.5) is 9.93 Å². The van der Waals surface area contributed by atoms with Crippen molar-refractivity contribution in [3.63, 3.8) is 0 Å². The van der Waals surface area contributed by atoms with Gasteiger partial charge >= 0.3 is 12.1 Å². The number of alkyl carbamates (subject to hydrolysis) is 1. The maximum Gasteiger partial charge on any atom is 0.407 e. The summed E-state index contributed by atoms with van der Waals surface area (Å²) < 4.78 is 5.24. The summed E-state index contributed by atoms with van der Waals surface area (Å²) >= 11 is 1.00. The van der Waals surface area contributed by atoms with Crippen LogP contribution in [0, 0.1) is 11.3 Å². The summed E-state index contributed by atoms with van der Waals surface area (Å²) in [4.78, 5) is 28.9. The van der Waals surface area contributed by atoms with Crippen molar-refractivity contribution in [2.24, 2.45) is 0 Å². The van der Waals surface area contributed by atoms with Crippen LogP contribution in [0.15, 0.2) is 0 Å². The summed E-state index contributed by atoms with van der Waals surface area (Å²) in [5.41, 5.74) is -0.594. The van der Waals surface area contributed by atoms with E-state index in [2.05, 4.69) is 10.3 Å². The summed E-state index contributed by atoms with van der Waals surface area (Å²) in [6.45, 7) is 6.68. The number of aromatic nitrogens is 1. The third-order valence-corrected chi connectivity index (χ3v) is 4.51. The highest BCUT2D eigenvalue weighted by molar-refractivity contribution is 7.17. The van der Waals surface area contributed by atoms with Crippen LogP contribution in [0.25, 0.3) is 0 Å². The second-order valence-corrected chi connectivity index (χ2v) is 7.48. The van der Waals surface area contributed by atoms with Crippen LogP contribution in [-0.4, -0.2) is 46.9 Å². The van der Waals surface area contributed by atoms with Gasteiger partial charge in [0.25, 0.3) is 0 Å².